The van der Waals surface area contributed by atoms with Gasteiger partial charge in [0.2, 0.25) is 0 Å². The van der Waals surface area contributed by atoms with Crippen LogP contribution in [-0.4, -0.2) is 22.3 Å². The zero-order valence-electron chi connectivity index (χ0n) is 10.0. The second-order valence-corrected chi connectivity index (χ2v) is 4.85. The molecule has 0 unspecified atom stereocenters. The van der Waals surface area contributed by atoms with E-state index in [0.717, 1.165) is 0 Å². The van der Waals surface area contributed by atoms with Gasteiger partial charge in [-0.1, -0.05) is 0 Å². The second-order valence-electron chi connectivity index (χ2n) is 4.85. The SMILES string of the molecule is CC(=O)c1c(O)ccc2c1OC(C)(C)CC2=O. The van der Waals surface area contributed by atoms with Gasteiger partial charge in [0.05, 0.1) is 12.0 Å². The lowest BCUT2D eigenvalue weighted by molar-refractivity contribution is 0.0611. The van der Waals surface area contributed by atoms with Crippen LogP contribution in [0.2, 0.25) is 0 Å². The summed E-state index contributed by atoms with van der Waals surface area (Å²) in [7, 11) is 0. The van der Waals surface area contributed by atoms with Crippen molar-refractivity contribution in [3.8, 4) is 11.5 Å². The molecule has 4 nitrogen and oxygen atoms in total. The quantitative estimate of drug-likeness (QED) is 0.757. The molecule has 0 bridgehead atoms. The van der Waals surface area contributed by atoms with E-state index in [-0.39, 0.29) is 35.0 Å². The van der Waals surface area contributed by atoms with Crippen LogP contribution >= 0.6 is 0 Å². The third-order valence-corrected chi connectivity index (χ3v) is 2.75. The highest BCUT2D eigenvalue weighted by Crippen LogP contribution is 2.39. The number of fused-ring (bicyclic) bond motifs is 1. The predicted octanol–water partition coefficient (Wildman–Crippen LogP) is 2.34. The standard InChI is InChI=1S/C13H14O4/c1-7(14)11-9(15)5-4-8-10(16)6-13(2,3)17-12(8)11/h4-5,15H,6H2,1-3H3. The number of aromatic hydroxyl groups is 1. The van der Waals surface area contributed by atoms with Crippen LogP contribution in [0.3, 0.4) is 0 Å². The van der Waals surface area contributed by atoms with Gasteiger partial charge < -0.3 is 9.84 Å². The molecule has 0 fully saturated rings. The van der Waals surface area contributed by atoms with Gasteiger partial charge >= 0.3 is 0 Å². The summed E-state index contributed by atoms with van der Waals surface area (Å²) in [5.74, 6) is -0.330. The lowest BCUT2D eigenvalue weighted by atomic mass is 9.90. The first-order chi connectivity index (χ1) is 7.82. The van der Waals surface area contributed by atoms with Crippen LogP contribution in [0.4, 0.5) is 0 Å². The topological polar surface area (TPSA) is 63.6 Å². The Bertz CT molecular complexity index is 514. The third kappa shape index (κ3) is 1.90. The predicted molar refractivity (Wildman–Crippen MR) is 61.8 cm³/mol. The summed E-state index contributed by atoms with van der Waals surface area (Å²) in [6, 6.07) is 2.85. The zero-order valence-corrected chi connectivity index (χ0v) is 10.0. The fourth-order valence-electron chi connectivity index (χ4n) is 2.03. The number of ketones is 2. The highest BCUT2D eigenvalue weighted by atomic mass is 16.5. The van der Waals surface area contributed by atoms with Gasteiger partial charge in [-0.2, -0.15) is 0 Å². The van der Waals surface area contributed by atoms with Crippen LogP contribution in [0.1, 0.15) is 47.9 Å². The fourth-order valence-corrected chi connectivity index (χ4v) is 2.03. The van der Waals surface area contributed by atoms with E-state index in [9.17, 15) is 14.7 Å². The number of phenolic OH excluding ortho intramolecular Hbond substituents is 1. The van der Waals surface area contributed by atoms with E-state index < -0.39 is 5.60 Å². The fraction of sp³-hybridized carbons (Fsp3) is 0.385. The van der Waals surface area contributed by atoms with E-state index in [0.29, 0.717) is 5.56 Å². The van der Waals surface area contributed by atoms with Crippen molar-refractivity contribution < 1.29 is 19.4 Å². The maximum absolute atomic E-state index is 11.9. The average molecular weight is 234 g/mol. The van der Waals surface area contributed by atoms with Crippen molar-refractivity contribution in [1.29, 1.82) is 0 Å². The number of ether oxygens (including phenoxy) is 1. The molecule has 4 heteroatoms. The van der Waals surface area contributed by atoms with E-state index >= 15 is 0 Å². The summed E-state index contributed by atoms with van der Waals surface area (Å²) in [5, 5.41) is 9.68. The summed E-state index contributed by atoms with van der Waals surface area (Å²) < 4.78 is 5.66. The Kier molecular flexibility index (Phi) is 2.45. The Morgan fingerprint density at radius 3 is 2.65 bits per heavy atom. The van der Waals surface area contributed by atoms with Crippen molar-refractivity contribution >= 4 is 11.6 Å². The molecule has 1 N–H and O–H groups in total. The minimum Gasteiger partial charge on any atom is -0.507 e. The Morgan fingerprint density at radius 1 is 1.41 bits per heavy atom. The smallest absolute Gasteiger partial charge is 0.170 e. The molecule has 1 aliphatic heterocycles. The summed E-state index contributed by atoms with van der Waals surface area (Å²) >= 11 is 0. The van der Waals surface area contributed by atoms with Crippen molar-refractivity contribution in [3.05, 3.63) is 23.3 Å². The molecule has 17 heavy (non-hydrogen) atoms. The molecule has 90 valence electrons. The number of Topliss-reactive ketones (excluding diaryl/α,β-unsaturated/α-hetero) is 2. The molecule has 0 saturated carbocycles. The van der Waals surface area contributed by atoms with Crippen molar-refractivity contribution in [3.63, 3.8) is 0 Å². The molecule has 0 aliphatic carbocycles. The number of benzene rings is 1. The molecule has 1 heterocycles. The molecule has 0 atom stereocenters. The molecule has 0 radical (unpaired) electrons. The minimum absolute atomic E-state index is 0.0706. The number of hydrogen-bond donors (Lipinski definition) is 1. The summed E-state index contributed by atoms with van der Waals surface area (Å²) in [6.07, 6.45) is 0.266. The molecular formula is C13H14O4. The van der Waals surface area contributed by atoms with Gasteiger partial charge in [-0.15, -0.1) is 0 Å². The maximum atomic E-state index is 11.9. The maximum Gasteiger partial charge on any atom is 0.170 e. The highest BCUT2D eigenvalue weighted by Gasteiger charge is 2.35. The number of rotatable bonds is 1. The Labute approximate surface area is 99.2 Å². The zero-order chi connectivity index (χ0) is 12.8. The Morgan fingerprint density at radius 2 is 2.06 bits per heavy atom. The van der Waals surface area contributed by atoms with Crippen molar-refractivity contribution in [1.82, 2.24) is 0 Å². The largest absolute Gasteiger partial charge is 0.507 e. The minimum atomic E-state index is -0.651. The molecular weight excluding hydrogens is 220 g/mol. The summed E-state index contributed by atoms with van der Waals surface area (Å²) in [5.41, 5.74) is -0.196. The van der Waals surface area contributed by atoms with E-state index in [1.807, 2.05) is 0 Å². The van der Waals surface area contributed by atoms with Gasteiger partial charge in [-0.25, -0.2) is 0 Å². The lowest BCUT2D eigenvalue weighted by Crippen LogP contribution is -2.36. The van der Waals surface area contributed by atoms with E-state index in [1.165, 1.54) is 19.1 Å². The molecule has 2 rings (SSSR count). The van der Waals surface area contributed by atoms with Gasteiger partial charge in [0.1, 0.15) is 22.7 Å². The van der Waals surface area contributed by atoms with E-state index in [2.05, 4.69) is 0 Å². The van der Waals surface area contributed by atoms with Crippen molar-refractivity contribution in [2.45, 2.75) is 32.8 Å². The Balaban J connectivity index is 2.69. The molecule has 1 aliphatic rings. The van der Waals surface area contributed by atoms with Gasteiger partial charge in [0, 0.05) is 0 Å². The first kappa shape index (κ1) is 11.6. The van der Waals surface area contributed by atoms with Crippen LogP contribution in [0.25, 0.3) is 0 Å². The van der Waals surface area contributed by atoms with Gasteiger partial charge in [0.15, 0.2) is 11.6 Å². The second kappa shape index (κ2) is 3.58. The molecule has 0 spiro atoms. The monoisotopic (exact) mass is 234 g/mol. The molecule has 1 aromatic carbocycles. The first-order valence-electron chi connectivity index (χ1n) is 5.41. The number of hydrogen-bond acceptors (Lipinski definition) is 4. The highest BCUT2D eigenvalue weighted by molar-refractivity contribution is 6.07. The van der Waals surface area contributed by atoms with Crippen LogP contribution < -0.4 is 4.74 Å². The first-order valence-corrected chi connectivity index (χ1v) is 5.41. The lowest BCUT2D eigenvalue weighted by Gasteiger charge is -2.32. The van der Waals surface area contributed by atoms with E-state index in [1.54, 1.807) is 13.8 Å². The van der Waals surface area contributed by atoms with Crippen LogP contribution in [0.5, 0.6) is 11.5 Å². The van der Waals surface area contributed by atoms with Crippen molar-refractivity contribution in [2.24, 2.45) is 0 Å². The van der Waals surface area contributed by atoms with Gasteiger partial charge in [-0.05, 0) is 32.9 Å². The number of carbonyl (C=O) groups excluding carboxylic acids is 2. The normalized spacial score (nSPS) is 17.2. The summed E-state index contributed by atoms with van der Waals surface area (Å²) in [6.45, 7) is 4.90. The summed E-state index contributed by atoms with van der Waals surface area (Å²) in [4.78, 5) is 23.4. The Hall–Kier alpha value is -1.84. The van der Waals surface area contributed by atoms with Crippen molar-refractivity contribution in [2.75, 3.05) is 0 Å². The van der Waals surface area contributed by atoms with E-state index in [4.69, 9.17) is 4.74 Å². The molecule has 1 aromatic rings. The van der Waals surface area contributed by atoms with Gasteiger partial charge in [0.25, 0.3) is 0 Å². The molecule has 0 saturated heterocycles. The van der Waals surface area contributed by atoms with Crippen LogP contribution in [0, 0.1) is 0 Å². The molecule has 0 amide bonds. The van der Waals surface area contributed by atoms with Crippen LogP contribution in [-0.2, 0) is 0 Å². The van der Waals surface area contributed by atoms with Crippen LogP contribution in [0.15, 0.2) is 12.1 Å². The van der Waals surface area contributed by atoms with Gasteiger partial charge in [-0.3, -0.25) is 9.59 Å². The molecule has 0 aromatic heterocycles. The average Bonchev–Trinajstić information content (AvgIpc) is 2.13. The third-order valence-electron chi connectivity index (χ3n) is 2.75. The number of phenols is 1. The number of carbonyl (C=O) groups is 2.